The van der Waals surface area contributed by atoms with E-state index < -0.39 is 0 Å². The van der Waals surface area contributed by atoms with Crippen LogP contribution in [0, 0.1) is 0 Å². The summed E-state index contributed by atoms with van der Waals surface area (Å²) in [6.07, 6.45) is 6.79. The number of hydrogen-bond acceptors (Lipinski definition) is 3. The second-order valence-corrected chi connectivity index (χ2v) is 10.1. The lowest BCUT2D eigenvalue weighted by Crippen LogP contribution is -2.40. The standard InChI is InChI=1S/C23H38N2O/c1-22(2,3)17-13-16(21(26)18(14-17)23(4,5)6)15-24-19-11-9-10-12-20(19)25(7)8/h13-15,19-20,26H,9-12H2,1-8H3/t19-,20-/m0/s1. The number of aromatic hydroxyl groups is 1. The fraction of sp³-hybridized carbons (Fsp3) is 0.696. The highest BCUT2D eigenvalue weighted by Gasteiger charge is 2.27. The molecule has 146 valence electrons. The molecule has 1 fully saturated rings. The average molecular weight is 359 g/mol. The molecular formula is C23H38N2O. The summed E-state index contributed by atoms with van der Waals surface area (Å²) in [6.45, 7) is 13.1. The van der Waals surface area contributed by atoms with Gasteiger partial charge in [0.15, 0.2) is 0 Å². The first-order valence-electron chi connectivity index (χ1n) is 9.99. The van der Waals surface area contributed by atoms with Crippen molar-refractivity contribution in [3.8, 4) is 5.75 Å². The topological polar surface area (TPSA) is 35.8 Å². The zero-order chi connectivity index (χ0) is 19.7. The van der Waals surface area contributed by atoms with Crippen molar-refractivity contribution >= 4 is 6.21 Å². The summed E-state index contributed by atoms with van der Waals surface area (Å²) in [4.78, 5) is 7.24. The highest BCUT2D eigenvalue weighted by Crippen LogP contribution is 2.37. The minimum Gasteiger partial charge on any atom is -0.507 e. The lowest BCUT2D eigenvalue weighted by Gasteiger charge is -2.33. The lowest BCUT2D eigenvalue weighted by molar-refractivity contribution is 0.203. The van der Waals surface area contributed by atoms with Crippen molar-refractivity contribution < 1.29 is 5.11 Å². The fourth-order valence-corrected chi connectivity index (χ4v) is 3.80. The van der Waals surface area contributed by atoms with E-state index in [2.05, 4.69) is 72.7 Å². The Morgan fingerprint density at radius 3 is 2.15 bits per heavy atom. The van der Waals surface area contributed by atoms with E-state index in [-0.39, 0.29) is 10.8 Å². The van der Waals surface area contributed by atoms with E-state index in [0.29, 0.717) is 17.8 Å². The van der Waals surface area contributed by atoms with Crippen LogP contribution in [0.25, 0.3) is 0 Å². The van der Waals surface area contributed by atoms with E-state index in [1.165, 1.54) is 24.8 Å². The van der Waals surface area contributed by atoms with Gasteiger partial charge in [0.1, 0.15) is 5.75 Å². The van der Waals surface area contributed by atoms with Crippen LogP contribution in [-0.2, 0) is 10.8 Å². The van der Waals surface area contributed by atoms with Gasteiger partial charge in [-0.05, 0) is 49.4 Å². The van der Waals surface area contributed by atoms with E-state index in [4.69, 9.17) is 4.99 Å². The Kier molecular flexibility index (Phi) is 6.22. The Balaban J connectivity index is 2.44. The van der Waals surface area contributed by atoms with Gasteiger partial charge < -0.3 is 10.0 Å². The van der Waals surface area contributed by atoms with Crippen LogP contribution < -0.4 is 0 Å². The van der Waals surface area contributed by atoms with Crippen molar-refractivity contribution in [1.82, 2.24) is 4.90 Å². The van der Waals surface area contributed by atoms with Crippen LogP contribution in [0.5, 0.6) is 5.75 Å². The summed E-state index contributed by atoms with van der Waals surface area (Å²) < 4.78 is 0. The van der Waals surface area contributed by atoms with E-state index in [0.717, 1.165) is 17.5 Å². The Bertz CT molecular complexity index is 647. The molecule has 2 atom stereocenters. The highest BCUT2D eigenvalue weighted by atomic mass is 16.3. The Morgan fingerprint density at radius 1 is 1.00 bits per heavy atom. The zero-order valence-corrected chi connectivity index (χ0v) is 18.1. The molecule has 1 aliphatic rings. The van der Waals surface area contributed by atoms with Gasteiger partial charge in [-0.15, -0.1) is 0 Å². The molecule has 26 heavy (non-hydrogen) atoms. The molecule has 1 aliphatic carbocycles. The number of phenols is 1. The molecule has 0 aliphatic heterocycles. The maximum absolute atomic E-state index is 10.9. The van der Waals surface area contributed by atoms with Crippen molar-refractivity contribution in [2.75, 3.05) is 14.1 Å². The molecule has 0 bridgehead atoms. The van der Waals surface area contributed by atoms with Gasteiger partial charge in [0.05, 0.1) is 6.04 Å². The third kappa shape index (κ3) is 4.88. The number of likely N-dealkylation sites (N-methyl/N-ethyl adjacent to an activating group) is 1. The maximum atomic E-state index is 10.9. The molecule has 0 radical (unpaired) electrons. The first-order valence-corrected chi connectivity index (χ1v) is 9.99. The predicted molar refractivity (Wildman–Crippen MR) is 113 cm³/mol. The number of benzene rings is 1. The van der Waals surface area contributed by atoms with Crippen molar-refractivity contribution in [1.29, 1.82) is 0 Å². The predicted octanol–water partition coefficient (Wildman–Crippen LogP) is 5.28. The fourth-order valence-electron chi connectivity index (χ4n) is 3.80. The number of nitrogens with zero attached hydrogens (tertiary/aromatic N) is 2. The van der Waals surface area contributed by atoms with Crippen LogP contribution in [0.15, 0.2) is 17.1 Å². The number of rotatable bonds is 3. The van der Waals surface area contributed by atoms with Gasteiger partial charge >= 0.3 is 0 Å². The number of aliphatic imine (C=N–C) groups is 1. The molecule has 0 spiro atoms. The van der Waals surface area contributed by atoms with Crippen LogP contribution in [0.3, 0.4) is 0 Å². The van der Waals surface area contributed by atoms with E-state index >= 15 is 0 Å². The molecule has 0 unspecified atom stereocenters. The van der Waals surface area contributed by atoms with Crippen LogP contribution in [0.1, 0.15) is 83.9 Å². The first kappa shape index (κ1) is 21.0. The minimum atomic E-state index is -0.106. The maximum Gasteiger partial charge on any atom is 0.128 e. The quantitative estimate of drug-likeness (QED) is 0.746. The summed E-state index contributed by atoms with van der Waals surface area (Å²) in [5.74, 6) is 0.381. The Hall–Kier alpha value is -1.35. The summed E-state index contributed by atoms with van der Waals surface area (Å²) in [5, 5.41) is 10.9. The van der Waals surface area contributed by atoms with Gasteiger partial charge in [0, 0.05) is 23.4 Å². The van der Waals surface area contributed by atoms with Crippen LogP contribution in [0.4, 0.5) is 0 Å². The third-order valence-electron chi connectivity index (χ3n) is 5.58. The molecule has 2 rings (SSSR count). The Labute approximate surface area is 160 Å². The minimum absolute atomic E-state index is 0.0350. The summed E-state index contributed by atoms with van der Waals surface area (Å²) in [5.41, 5.74) is 3.03. The third-order valence-corrected chi connectivity index (χ3v) is 5.58. The van der Waals surface area contributed by atoms with E-state index in [1.54, 1.807) is 0 Å². The normalized spacial score (nSPS) is 22.3. The molecule has 1 N–H and O–H groups in total. The van der Waals surface area contributed by atoms with Gasteiger partial charge in [0.25, 0.3) is 0 Å². The molecular weight excluding hydrogens is 320 g/mol. The summed E-state index contributed by atoms with van der Waals surface area (Å²) in [6, 6.07) is 5.09. The smallest absolute Gasteiger partial charge is 0.128 e. The van der Waals surface area contributed by atoms with Crippen molar-refractivity contribution in [2.45, 2.75) is 90.1 Å². The monoisotopic (exact) mass is 358 g/mol. The second kappa shape index (κ2) is 7.72. The van der Waals surface area contributed by atoms with Gasteiger partial charge in [-0.1, -0.05) is 60.5 Å². The number of phenolic OH excluding ortho intramolecular Hbond substituents is 1. The van der Waals surface area contributed by atoms with Crippen molar-refractivity contribution in [3.63, 3.8) is 0 Å². The lowest BCUT2D eigenvalue weighted by atomic mass is 9.79. The molecule has 1 aromatic rings. The molecule has 1 saturated carbocycles. The van der Waals surface area contributed by atoms with E-state index in [1.807, 2.05) is 6.21 Å². The van der Waals surface area contributed by atoms with Crippen molar-refractivity contribution in [2.24, 2.45) is 4.99 Å². The van der Waals surface area contributed by atoms with Crippen molar-refractivity contribution in [3.05, 3.63) is 28.8 Å². The SMILES string of the molecule is CN(C)[C@H]1CCCC[C@@H]1N=Cc1cc(C(C)(C)C)cc(C(C)(C)C)c1O. The summed E-state index contributed by atoms with van der Waals surface area (Å²) >= 11 is 0. The molecule has 0 heterocycles. The van der Waals surface area contributed by atoms with Crippen LogP contribution in [0.2, 0.25) is 0 Å². The molecule has 0 saturated heterocycles. The first-order chi connectivity index (χ1) is 11.9. The second-order valence-electron chi connectivity index (χ2n) is 10.1. The van der Waals surface area contributed by atoms with E-state index in [9.17, 15) is 5.11 Å². The van der Waals surface area contributed by atoms with Gasteiger partial charge in [0.2, 0.25) is 0 Å². The molecule has 1 aromatic carbocycles. The molecule has 3 nitrogen and oxygen atoms in total. The van der Waals surface area contributed by atoms with Crippen LogP contribution in [-0.4, -0.2) is 42.4 Å². The van der Waals surface area contributed by atoms with Gasteiger partial charge in [-0.3, -0.25) is 4.99 Å². The molecule has 3 heteroatoms. The Morgan fingerprint density at radius 2 is 1.62 bits per heavy atom. The molecule has 0 amide bonds. The summed E-state index contributed by atoms with van der Waals surface area (Å²) in [7, 11) is 4.29. The van der Waals surface area contributed by atoms with Gasteiger partial charge in [-0.25, -0.2) is 0 Å². The van der Waals surface area contributed by atoms with Gasteiger partial charge in [-0.2, -0.15) is 0 Å². The number of hydrogen-bond donors (Lipinski definition) is 1. The molecule has 0 aromatic heterocycles. The zero-order valence-electron chi connectivity index (χ0n) is 18.1. The highest BCUT2D eigenvalue weighted by molar-refractivity contribution is 5.85. The average Bonchev–Trinajstić information content (AvgIpc) is 2.51. The largest absolute Gasteiger partial charge is 0.507 e. The van der Waals surface area contributed by atoms with Crippen LogP contribution >= 0.6 is 0 Å².